The Morgan fingerprint density at radius 3 is 2.53 bits per heavy atom. The second kappa shape index (κ2) is 10.5. The third-order valence-corrected chi connectivity index (χ3v) is 5.40. The molecular weight excluding hydrogens is 416 g/mol. The van der Waals surface area contributed by atoms with Crippen LogP contribution < -0.4 is 10.2 Å². The van der Waals surface area contributed by atoms with Crippen molar-refractivity contribution in [2.75, 3.05) is 11.9 Å². The Hall–Kier alpha value is -2.57. The van der Waals surface area contributed by atoms with Crippen molar-refractivity contribution in [1.29, 1.82) is 0 Å². The number of anilines is 1. The standard InChI is InChI=1S/C23H25ClN4OS/c1-16(2)25-22(29)19-11-7-10-18(12-19)15-30-23-26-20(24)13-21(27-23)28(3)14-17-8-5-4-6-9-17/h4-13,16H,14-15H2,1-3H3,(H,25,29). The van der Waals surface area contributed by atoms with Gasteiger partial charge in [-0.2, -0.15) is 0 Å². The first-order valence-electron chi connectivity index (χ1n) is 9.73. The first-order chi connectivity index (χ1) is 14.4. The molecule has 0 saturated heterocycles. The van der Waals surface area contributed by atoms with E-state index in [1.807, 2.05) is 68.3 Å². The van der Waals surface area contributed by atoms with Crippen molar-refractivity contribution in [3.63, 3.8) is 0 Å². The van der Waals surface area contributed by atoms with E-state index in [4.69, 9.17) is 11.6 Å². The molecule has 0 radical (unpaired) electrons. The number of nitrogens with zero attached hydrogens (tertiary/aromatic N) is 3. The van der Waals surface area contributed by atoms with Gasteiger partial charge in [-0.15, -0.1) is 0 Å². The molecule has 0 bridgehead atoms. The Labute approximate surface area is 186 Å². The lowest BCUT2D eigenvalue weighted by molar-refractivity contribution is 0.0943. The number of benzene rings is 2. The first kappa shape index (κ1) is 22.1. The fourth-order valence-electron chi connectivity index (χ4n) is 2.88. The van der Waals surface area contributed by atoms with Crippen molar-refractivity contribution in [3.8, 4) is 0 Å². The molecule has 1 aromatic heterocycles. The third-order valence-electron chi connectivity index (χ3n) is 4.29. The van der Waals surface area contributed by atoms with Crippen LogP contribution in [0.2, 0.25) is 5.15 Å². The molecule has 0 spiro atoms. The highest BCUT2D eigenvalue weighted by atomic mass is 35.5. The number of nitrogens with one attached hydrogen (secondary N) is 1. The molecule has 1 N–H and O–H groups in total. The predicted molar refractivity (Wildman–Crippen MR) is 124 cm³/mol. The van der Waals surface area contributed by atoms with Gasteiger partial charge in [0.2, 0.25) is 0 Å². The fraction of sp³-hybridized carbons (Fsp3) is 0.261. The van der Waals surface area contributed by atoms with Crippen molar-refractivity contribution < 1.29 is 4.79 Å². The zero-order chi connectivity index (χ0) is 21.5. The van der Waals surface area contributed by atoms with Crippen LogP contribution in [0, 0.1) is 0 Å². The summed E-state index contributed by atoms with van der Waals surface area (Å²) < 4.78 is 0. The molecule has 30 heavy (non-hydrogen) atoms. The maximum absolute atomic E-state index is 12.2. The summed E-state index contributed by atoms with van der Waals surface area (Å²) in [5.41, 5.74) is 2.87. The van der Waals surface area contributed by atoms with Crippen molar-refractivity contribution in [3.05, 3.63) is 82.5 Å². The number of halogens is 1. The minimum Gasteiger partial charge on any atom is -0.355 e. The third kappa shape index (κ3) is 6.47. The lowest BCUT2D eigenvalue weighted by Crippen LogP contribution is -2.30. The molecule has 156 valence electrons. The zero-order valence-corrected chi connectivity index (χ0v) is 18.9. The summed E-state index contributed by atoms with van der Waals surface area (Å²) in [6, 6.07) is 19.7. The summed E-state index contributed by atoms with van der Waals surface area (Å²) in [4.78, 5) is 23.3. The van der Waals surface area contributed by atoms with E-state index >= 15 is 0 Å². The van der Waals surface area contributed by atoms with Crippen molar-refractivity contribution in [2.24, 2.45) is 0 Å². The molecular formula is C23H25ClN4OS. The van der Waals surface area contributed by atoms with Gasteiger partial charge >= 0.3 is 0 Å². The quantitative estimate of drug-likeness (QED) is 0.296. The van der Waals surface area contributed by atoms with Gasteiger partial charge in [0.15, 0.2) is 5.16 Å². The maximum Gasteiger partial charge on any atom is 0.251 e. The highest BCUT2D eigenvalue weighted by Crippen LogP contribution is 2.25. The fourth-order valence-corrected chi connectivity index (χ4v) is 3.90. The van der Waals surface area contributed by atoms with E-state index in [2.05, 4.69) is 27.4 Å². The Morgan fingerprint density at radius 2 is 1.80 bits per heavy atom. The summed E-state index contributed by atoms with van der Waals surface area (Å²) in [6.07, 6.45) is 0. The number of hydrogen-bond donors (Lipinski definition) is 1. The maximum atomic E-state index is 12.2. The Balaban J connectivity index is 1.68. The molecule has 0 saturated carbocycles. The van der Waals surface area contributed by atoms with Crippen LogP contribution in [0.3, 0.4) is 0 Å². The average molecular weight is 441 g/mol. The number of thioether (sulfide) groups is 1. The van der Waals surface area contributed by atoms with Gasteiger partial charge in [-0.05, 0) is 37.1 Å². The van der Waals surface area contributed by atoms with Gasteiger partial charge in [0.25, 0.3) is 5.91 Å². The van der Waals surface area contributed by atoms with E-state index in [0.717, 1.165) is 17.9 Å². The highest BCUT2D eigenvalue weighted by Gasteiger charge is 2.11. The normalized spacial score (nSPS) is 10.8. The lowest BCUT2D eigenvalue weighted by atomic mass is 10.1. The smallest absolute Gasteiger partial charge is 0.251 e. The second-order valence-corrected chi connectivity index (χ2v) is 8.62. The van der Waals surface area contributed by atoms with Crippen LogP contribution in [-0.2, 0) is 12.3 Å². The average Bonchev–Trinajstić information content (AvgIpc) is 2.72. The minimum absolute atomic E-state index is 0.0688. The predicted octanol–water partition coefficient (Wildman–Crippen LogP) is 5.20. The number of carbonyl (C=O) groups is 1. The Morgan fingerprint density at radius 1 is 1.07 bits per heavy atom. The molecule has 7 heteroatoms. The molecule has 0 aliphatic heterocycles. The Bertz CT molecular complexity index is 998. The van der Waals surface area contributed by atoms with Gasteiger partial charge in [-0.1, -0.05) is 65.8 Å². The van der Waals surface area contributed by atoms with Crippen LogP contribution in [0.25, 0.3) is 0 Å². The van der Waals surface area contributed by atoms with E-state index in [1.54, 1.807) is 6.07 Å². The van der Waals surface area contributed by atoms with Crippen LogP contribution in [0.4, 0.5) is 5.82 Å². The molecule has 5 nitrogen and oxygen atoms in total. The molecule has 3 aromatic rings. The molecule has 3 rings (SSSR count). The summed E-state index contributed by atoms with van der Waals surface area (Å²) in [5, 5.41) is 3.93. The van der Waals surface area contributed by atoms with Gasteiger partial charge in [0.05, 0.1) is 0 Å². The summed E-state index contributed by atoms with van der Waals surface area (Å²) in [7, 11) is 1.98. The highest BCUT2D eigenvalue weighted by molar-refractivity contribution is 7.98. The SMILES string of the molecule is CC(C)NC(=O)c1cccc(CSc2nc(Cl)cc(N(C)Cc3ccccc3)n2)c1. The number of amides is 1. The van der Waals surface area contributed by atoms with E-state index in [1.165, 1.54) is 17.3 Å². The van der Waals surface area contributed by atoms with Crippen molar-refractivity contribution in [2.45, 2.75) is 37.3 Å². The van der Waals surface area contributed by atoms with Crippen LogP contribution in [0.1, 0.15) is 35.3 Å². The minimum atomic E-state index is -0.0688. The number of aromatic nitrogens is 2. The summed E-state index contributed by atoms with van der Waals surface area (Å²) in [6.45, 7) is 4.62. The molecule has 1 heterocycles. The van der Waals surface area contributed by atoms with E-state index in [9.17, 15) is 4.79 Å². The van der Waals surface area contributed by atoms with Gasteiger partial charge in [-0.3, -0.25) is 4.79 Å². The molecule has 0 unspecified atom stereocenters. The van der Waals surface area contributed by atoms with E-state index in [0.29, 0.717) is 21.6 Å². The topological polar surface area (TPSA) is 58.1 Å². The molecule has 0 fully saturated rings. The summed E-state index contributed by atoms with van der Waals surface area (Å²) in [5.74, 6) is 1.34. The van der Waals surface area contributed by atoms with Crippen LogP contribution >= 0.6 is 23.4 Å². The molecule has 1 amide bonds. The number of carbonyl (C=O) groups excluding carboxylic acids is 1. The van der Waals surface area contributed by atoms with Gasteiger partial charge in [0.1, 0.15) is 11.0 Å². The second-order valence-electron chi connectivity index (χ2n) is 7.29. The van der Waals surface area contributed by atoms with Gasteiger partial charge < -0.3 is 10.2 Å². The van der Waals surface area contributed by atoms with Gasteiger partial charge in [0, 0.05) is 37.0 Å². The number of rotatable bonds is 8. The van der Waals surface area contributed by atoms with E-state index in [-0.39, 0.29) is 11.9 Å². The Kier molecular flexibility index (Phi) is 7.71. The number of hydrogen-bond acceptors (Lipinski definition) is 5. The monoisotopic (exact) mass is 440 g/mol. The largest absolute Gasteiger partial charge is 0.355 e. The van der Waals surface area contributed by atoms with Crippen LogP contribution in [0.5, 0.6) is 0 Å². The molecule has 0 aliphatic rings. The zero-order valence-electron chi connectivity index (χ0n) is 17.3. The van der Waals surface area contributed by atoms with E-state index < -0.39 is 0 Å². The lowest BCUT2D eigenvalue weighted by Gasteiger charge is -2.19. The summed E-state index contributed by atoms with van der Waals surface area (Å²) >= 11 is 7.74. The van der Waals surface area contributed by atoms with Crippen LogP contribution in [0.15, 0.2) is 65.8 Å². The molecule has 2 aromatic carbocycles. The van der Waals surface area contributed by atoms with Crippen molar-refractivity contribution >= 4 is 35.1 Å². The van der Waals surface area contributed by atoms with Gasteiger partial charge in [-0.25, -0.2) is 9.97 Å². The van der Waals surface area contributed by atoms with Crippen molar-refractivity contribution in [1.82, 2.24) is 15.3 Å². The molecule has 0 aliphatic carbocycles. The van der Waals surface area contributed by atoms with Crippen LogP contribution in [-0.4, -0.2) is 29.0 Å². The molecule has 0 atom stereocenters. The first-order valence-corrected chi connectivity index (χ1v) is 11.1.